The van der Waals surface area contributed by atoms with Crippen LogP contribution in [-0.4, -0.2) is 12.6 Å². The fourth-order valence-electron chi connectivity index (χ4n) is 1.59. The monoisotopic (exact) mass is 255 g/mol. The minimum absolute atomic E-state index is 0.0250. The lowest BCUT2D eigenvalue weighted by molar-refractivity contribution is 0.407. The first-order valence-corrected chi connectivity index (χ1v) is 5.54. The van der Waals surface area contributed by atoms with Crippen LogP contribution >= 0.6 is 15.9 Å². The minimum Gasteiger partial charge on any atom is -0.496 e. The normalized spacial score (nSPS) is 17.9. The molecule has 1 fully saturated rings. The van der Waals surface area contributed by atoms with Crippen molar-refractivity contribution >= 4 is 15.9 Å². The average Bonchev–Trinajstić information content (AvgIpc) is 2.88. The summed E-state index contributed by atoms with van der Waals surface area (Å²) >= 11 is 3.53. The van der Waals surface area contributed by atoms with Crippen LogP contribution in [-0.2, 0) is 6.42 Å². The largest absolute Gasteiger partial charge is 0.496 e. The zero-order valence-electron chi connectivity index (χ0n) is 8.22. The van der Waals surface area contributed by atoms with Crippen LogP contribution in [0, 0.1) is 0 Å². The molecule has 3 heteroatoms. The van der Waals surface area contributed by atoms with E-state index < -0.39 is 0 Å². The summed E-state index contributed by atoms with van der Waals surface area (Å²) in [5.74, 6) is 0.927. The average molecular weight is 256 g/mol. The van der Waals surface area contributed by atoms with E-state index in [1.807, 2.05) is 18.2 Å². The van der Waals surface area contributed by atoms with Crippen molar-refractivity contribution in [3.8, 4) is 5.75 Å². The summed E-state index contributed by atoms with van der Waals surface area (Å²) in [6.07, 6.45) is 3.15. The molecule has 0 bridgehead atoms. The lowest BCUT2D eigenvalue weighted by Gasteiger charge is -2.14. The predicted molar refractivity (Wildman–Crippen MR) is 60.6 cm³/mol. The van der Waals surface area contributed by atoms with E-state index in [4.69, 9.17) is 10.5 Å². The summed E-state index contributed by atoms with van der Waals surface area (Å²) in [6.45, 7) is 0. The highest BCUT2D eigenvalue weighted by molar-refractivity contribution is 9.10. The van der Waals surface area contributed by atoms with Crippen LogP contribution in [0.1, 0.15) is 18.4 Å². The van der Waals surface area contributed by atoms with Crippen molar-refractivity contribution in [3.05, 3.63) is 28.2 Å². The number of ether oxygens (including phenoxy) is 1. The molecule has 2 nitrogen and oxygen atoms in total. The van der Waals surface area contributed by atoms with Gasteiger partial charge in [-0.3, -0.25) is 0 Å². The molecule has 1 aliphatic rings. The second kappa shape index (κ2) is 3.55. The van der Waals surface area contributed by atoms with Gasteiger partial charge in [0.2, 0.25) is 0 Å². The van der Waals surface area contributed by atoms with Gasteiger partial charge in [-0.05, 0) is 31.4 Å². The zero-order valence-corrected chi connectivity index (χ0v) is 9.80. The highest BCUT2D eigenvalue weighted by atomic mass is 79.9. The fourth-order valence-corrected chi connectivity index (χ4v) is 2.08. The number of hydrogen-bond acceptors (Lipinski definition) is 2. The maximum atomic E-state index is 6.09. The van der Waals surface area contributed by atoms with Gasteiger partial charge in [0, 0.05) is 15.6 Å². The second-order valence-corrected chi connectivity index (χ2v) is 4.81. The van der Waals surface area contributed by atoms with Gasteiger partial charge in [-0.25, -0.2) is 0 Å². The van der Waals surface area contributed by atoms with Crippen LogP contribution in [0.2, 0.25) is 0 Å². The van der Waals surface area contributed by atoms with Crippen molar-refractivity contribution in [1.82, 2.24) is 0 Å². The SMILES string of the molecule is COc1cccc(Br)c1CC1(N)CC1. The van der Waals surface area contributed by atoms with Gasteiger partial charge in [-0.1, -0.05) is 22.0 Å². The Hall–Kier alpha value is -0.540. The number of halogens is 1. The van der Waals surface area contributed by atoms with E-state index in [2.05, 4.69) is 15.9 Å². The maximum Gasteiger partial charge on any atom is 0.123 e. The summed E-state index contributed by atoms with van der Waals surface area (Å²) in [4.78, 5) is 0. The third-order valence-electron chi connectivity index (χ3n) is 2.72. The Morgan fingerprint density at radius 3 is 2.79 bits per heavy atom. The summed E-state index contributed by atoms with van der Waals surface area (Å²) in [7, 11) is 1.70. The van der Waals surface area contributed by atoms with Crippen LogP contribution in [0.15, 0.2) is 22.7 Å². The van der Waals surface area contributed by atoms with E-state index in [9.17, 15) is 0 Å². The van der Waals surface area contributed by atoms with Crippen molar-refractivity contribution < 1.29 is 4.74 Å². The van der Waals surface area contributed by atoms with E-state index in [0.29, 0.717) is 0 Å². The van der Waals surface area contributed by atoms with Gasteiger partial charge >= 0.3 is 0 Å². The summed E-state index contributed by atoms with van der Waals surface area (Å²) < 4.78 is 6.41. The summed E-state index contributed by atoms with van der Waals surface area (Å²) in [6, 6.07) is 5.98. The molecule has 0 saturated heterocycles. The fraction of sp³-hybridized carbons (Fsp3) is 0.455. The Morgan fingerprint density at radius 1 is 1.50 bits per heavy atom. The molecule has 0 aliphatic heterocycles. The van der Waals surface area contributed by atoms with Gasteiger partial charge in [-0.15, -0.1) is 0 Å². The Balaban J connectivity index is 2.29. The Bertz CT molecular complexity index is 347. The summed E-state index contributed by atoms with van der Waals surface area (Å²) in [5.41, 5.74) is 7.31. The third kappa shape index (κ3) is 1.93. The van der Waals surface area contributed by atoms with Crippen LogP contribution in [0.25, 0.3) is 0 Å². The van der Waals surface area contributed by atoms with Gasteiger partial charge < -0.3 is 10.5 Å². The minimum atomic E-state index is 0.0250. The molecule has 1 saturated carbocycles. The molecule has 14 heavy (non-hydrogen) atoms. The molecular weight excluding hydrogens is 242 g/mol. The van der Waals surface area contributed by atoms with Gasteiger partial charge in [-0.2, -0.15) is 0 Å². The van der Waals surface area contributed by atoms with Gasteiger partial charge in [0.05, 0.1) is 7.11 Å². The van der Waals surface area contributed by atoms with Gasteiger partial charge in [0.1, 0.15) is 5.75 Å². The molecule has 0 atom stereocenters. The van der Waals surface area contributed by atoms with E-state index in [0.717, 1.165) is 29.5 Å². The zero-order chi connectivity index (χ0) is 10.2. The van der Waals surface area contributed by atoms with Crippen LogP contribution in [0.3, 0.4) is 0 Å². The Labute approximate surface area is 92.6 Å². The Kier molecular flexibility index (Phi) is 2.54. The standard InChI is InChI=1S/C11H14BrNO/c1-14-10-4-2-3-9(12)8(10)7-11(13)5-6-11/h2-4H,5-7,13H2,1H3. The molecule has 0 spiro atoms. The van der Waals surface area contributed by atoms with Gasteiger partial charge in [0.25, 0.3) is 0 Å². The topological polar surface area (TPSA) is 35.2 Å². The smallest absolute Gasteiger partial charge is 0.123 e. The number of methoxy groups -OCH3 is 1. The van der Waals surface area contributed by atoms with E-state index >= 15 is 0 Å². The van der Waals surface area contributed by atoms with Crippen LogP contribution in [0.5, 0.6) is 5.75 Å². The lowest BCUT2D eigenvalue weighted by Crippen LogP contribution is -2.24. The molecule has 0 radical (unpaired) electrons. The molecule has 1 aromatic carbocycles. The van der Waals surface area contributed by atoms with Gasteiger partial charge in [0.15, 0.2) is 0 Å². The molecule has 0 amide bonds. The number of rotatable bonds is 3. The second-order valence-electron chi connectivity index (χ2n) is 3.96. The number of benzene rings is 1. The summed E-state index contributed by atoms with van der Waals surface area (Å²) in [5, 5.41) is 0. The molecule has 0 aromatic heterocycles. The quantitative estimate of drug-likeness (QED) is 0.901. The molecular formula is C11H14BrNO. The van der Waals surface area contributed by atoms with Crippen molar-refractivity contribution in [3.63, 3.8) is 0 Å². The van der Waals surface area contributed by atoms with E-state index in [-0.39, 0.29) is 5.54 Å². The van der Waals surface area contributed by atoms with Crippen molar-refractivity contribution in [2.45, 2.75) is 24.8 Å². The van der Waals surface area contributed by atoms with Crippen molar-refractivity contribution in [2.75, 3.05) is 7.11 Å². The molecule has 0 unspecified atom stereocenters. The predicted octanol–water partition coefficient (Wildman–Crippen LogP) is 2.49. The first-order valence-electron chi connectivity index (χ1n) is 4.75. The molecule has 2 N–H and O–H groups in total. The van der Waals surface area contributed by atoms with Crippen molar-refractivity contribution in [2.24, 2.45) is 5.73 Å². The maximum absolute atomic E-state index is 6.09. The lowest BCUT2D eigenvalue weighted by atomic mass is 10.0. The first kappa shape index (κ1) is 9.99. The highest BCUT2D eigenvalue weighted by Gasteiger charge is 2.39. The number of nitrogens with two attached hydrogens (primary N) is 1. The number of hydrogen-bond donors (Lipinski definition) is 1. The highest BCUT2D eigenvalue weighted by Crippen LogP contribution is 2.39. The third-order valence-corrected chi connectivity index (χ3v) is 3.46. The van der Waals surface area contributed by atoms with E-state index in [1.165, 1.54) is 5.56 Å². The molecule has 1 aliphatic carbocycles. The van der Waals surface area contributed by atoms with Crippen LogP contribution < -0.4 is 10.5 Å². The molecule has 2 rings (SSSR count). The Morgan fingerprint density at radius 2 is 2.21 bits per heavy atom. The van der Waals surface area contributed by atoms with E-state index in [1.54, 1.807) is 7.11 Å². The molecule has 1 aromatic rings. The molecule has 0 heterocycles. The molecule has 76 valence electrons. The van der Waals surface area contributed by atoms with Crippen LogP contribution in [0.4, 0.5) is 0 Å². The first-order chi connectivity index (χ1) is 6.64. The van der Waals surface area contributed by atoms with Crippen molar-refractivity contribution in [1.29, 1.82) is 0 Å².